The van der Waals surface area contributed by atoms with Crippen molar-refractivity contribution in [3.63, 3.8) is 0 Å². The molecule has 0 N–H and O–H groups in total. The minimum atomic E-state index is 0.903. The number of hydrogen-bond donors (Lipinski definition) is 0. The summed E-state index contributed by atoms with van der Waals surface area (Å²) in [4.78, 5) is 1.29. The van der Waals surface area contributed by atoms with Crippen molar-refractivity contribution >= 4 is 11.3 Å². The quantitative estimate of drug-likeness (QED) is 0.705. The molecule has 1 aromatic heterocycles. The Labute approximate surface area is 81.6 Å². The molecule has 0 saturated heterocycles. The van der Waals surface area contributed by atoms with E-state index in [4.69, 9.17) is 4.74 Å². The van der Waals surface area contributed by atoms with Crippen molar-refractivity contribution in [2.75, 3.05) is 7.11 Å². The van der Waals surface area contributed by atoms with Crippen molar-refractivity contribution in [3.05, 3.63) is 41.8 Å². The van der Waals surface area contributed by atoms with Gasteiger partial charge >= 0.3 is 0 Å². The Balaban J connectivity index is 2.33. The van der Waals surface area contributed by atoms with E-state index in [2.05, 4.69) is 29.6 Å². The SMILES string of the molecule is COc1ccc(-c2cccs2)cc1. The van der Waals surface area contributed by atoms with Crippen molar-refractivity contribution in [1.29, 1.82) is 0 Å². The Kier molecular flexibility index (Phi) is 2.32. The molecule has 66 valence electrons. The van der Waals surface area contributed by atoms with E-state index in [1.165, 1.54) is 10.4 Å². The molecule has 0 aliphatic carbocycles. The molecule has 13 heavy (non-hydrogen) atoms. The third-order valence-electron chi connectivity index (χ3n) is 1.90. The van der Waals surface area contributed by atoms with Crippen LogP contribution in [0.15, 0.2) is 41.8 Å². The molecule has 0 bridgehead atoms. The fourth-order valence-corrected chi connectivity index (χ4v) is 1.93. The second-order valence-electron chi connectivity index (χ2n) is 2.71. The van der Waals surface area contributed by atoms with E-state index in [1.54, 1.807) is 18.4 Å². The Morgan fingerprint density at radius 2 is 1.85 bits per heavy atom. The number of hydrogen-bond acceptors (Lipinski definition) is 2. The van der Waals surface area contributed by atoms with E-state index < -0.39 is 0 Å². The fourth-order valence-electron chi connectivity index (χ4n) is 1.20. The van der Waals surface area contributed by atoms with Gasteiger partial charge in [-0.3, -0.25) is 0 Å². The summed E-state index contributed by atoms with van der Waals surface area (Å²) in [5, 5.41) is 2.08. The third kappa shape index (κ3) is 1.73. The van der Waals surface area contributed by atoms with Crippen LogP contribution in [0.1, 0.15) is 0 Å². The predicted molar refractivity (Wildman–Crippen MR) is 56.3 cm³/mol. The van der Waals surface area contributed by atoms with Crippen molar-refractivity contribution in [2.24, 2.45) is 0 Å². The molecule has 1 nitrogen and oxygen atoms in total. The minimum absolute atomic E-state index is 0.903. The first-order valence-electron chi connectivity index (χ1n) is 4.08. The van der Waals surface area contributed by atoms with E-state index in [9.17, 15) is 0 Å². The highest BCUT2D eigenvalue weighted by molar-refractivity contribution is 7.13. The van der Waals surface area contributed by atoms with Crippen LogP contribution in [0.5, 0.6) is 5.75 Å². The maximum atomic E-state index is 5.09. The largest absolute Gasteiger partial charge is 0.497 e. The van der Waals surface area contributed by atoms with E-state index in [0.29, 0.717) is 0 Å². The maximum Gasteiger partial charge on any atom is 0.118 e. The van der Waals surface area contributed by atoms with E-state index >= 15 is 0 Å². The van der Waals surface area contributed by atoms with Gasteiger partial charge in [0, 0.05) is 4.88 Å². The first-order valence-corrected chi connectivity index (χ1v) is 4.96. The van der Waals surface area contributed by atoms with Gasteiger partial charge in [-0.1, -0.05) is 6.07 Å². The topological polar surface area (TPSA) is 9.23 Å². The van der Waals surface area contributed by atoms with Gasteiger partial charge in [-0.25, -0.2) is 0 Å². The molecule has 0 spiro atoms. The molecule has 0 atom stereocenters. The van der Waals surface area contributed by atoms with Gasteiger partial charge in [-0.15, -0.1) is 11.3 Å². The van der Waals surface area contributed by atoms with Crippen LogP contribution >= 0.6 is 11.3 Å². The lowest BCUT2D eigenvalue weighted by Crippen LogP contribution is -1.81. The highest BCUT2D eigenvalue weighted by Gasteiger charge is 1.97. The Morgan fingerprint density at radius 3 is 2.38 bits per heavy atom. The van der Waals surface area contributed by atoms with Crippen LogP contribution in [-0.4, -0.2) is 7.11 Å². The smallest absolute Gasteiger partial charge is 0.118 e. The lowest BCUT2D eigenvalue weighted by Gasteiger charge is -2.00. The average molecular weight is 190 g/mol. The monoisotopic (exact) mass is 190 g/mol. The van der Waals surface area contributed by atoms with Crippen LogP contribution in [0.3, 0.4) is 0 Å². The van der Waals surface area contributed by atoms with Gasteiger partial charge in [-0.05, 0) is 41.3 Å². The molecule has 0 radical (unpaired) electrons. The second-order valence-corrected chi connectivity index (χ2v) is 3.65. The van der Waals surface area contributed by atoms with Gasteiger partial charge in [0.1, 0.15) is 5.75 Å². The van der Waals surface area contributed by atoms with Gasteiger partial charge in [0.15, 0.2) is 0 Å². The molecule has 2 heteroatoms. The summed E-state index contributed by atoms with van der Waals surface area (Å²) in [6.45, 7) is 0. The number of methoxy groups -OCH3 is 1. The molecule has 2 aromatic rings. The van der Waals surface area contributed by atoms with Gasteiger partial charge in [-0.2, -0.15) is 0 Å². The molecule has 0 aliphatic heterocycles. The van der Waals surface area contributed by atoms with Crippen LogP contribution in [0, 0.1) is 0 Å². The maximum absolute atomic E-state index is 5.09. The molecule has 2 rings (SSSR count). The van der Waals surface area contributed by atoms with Gasteiger partial charge in [0.05, 0.1) is 7.11 Å². The lowest BCUT2D eigenvalue weighted by atomic mass is 10.2. The summed E-state index contributed by atoms with van der Waals surface area (Å²) in [6, 6.07) is 12.3. The number of benzene rings is 1. The van der Waals surface area contributed by atoms with E-state index in [1.807, 2.05) is 12.1 Å². The zero-order chi connectivity index (χ0) is 9.10. The molecular formula is C11H10OS. The zero-order valence-corrected chi connectivity index (χ0v) is 8.17. The Hall–Kier alpha value is -1.28. The molecular weight excluding hydrogens is 180 g/mol. The molecule has 0 fully saturated rings. The molecule has 1 aromatic carbocycles. The van der Waals surface area contributed by atoms with Crippen LogP contribution in [-0.2, 0) is 0 Å². The van der Waals surface area contributed by atoms with Crippen LogP contribution in [0.2, 0.25) is 0 Å². The van der Waals surface area contributed by atoms with Crippen LogP contribution in [0.25, 0.3) is 10.4 Å². The molecule has 0 unspecified atom stereocenters. The molecule has 0 saturated carbocycles. The molecule has 0 aliphatic rings. The summed E-state index contributed by atoms with van der Waals surface area (Å²) in [6.07, 6.45) is 0. The highest BCUT2D eigenvalue weighted by atomic mass is 32.1. The van der Waals surface area contributed by atoms with Crippen LogP contribution < -0.4 is 4.74 Å². The van der Waals surface area contributed by atoms with Gasteiger partial charge in [0.25, 0.3) is 0 Å². The van der Waals surface area contributed by atoms with E-state index in [-0.39, 0.29) is 0 Å². The fraction of sp³-hybridized carbons (Fsp3) is 0.0909. The van der Waals surface area contributed by atoms with Gasteiger partial charge < -0.3 is 4.74 Å². The van der Waals surface area contributed by atoms with Crippen molar-refractivity contribution in [2.45, 2.75) is 0 Å². The zero-order valence-electron chi connectivity index (χ0n) is 7.36. The van der Waals surface area contributed by atoms with Crippen LogP contribution in [0.4, 0.5) is 0 Å². The normalized spacial score (nSPS) is 9.92. The summed E-state index contributed by atoms with van der Waals surface area (Å²) in [7, 11) is 1.68. The van der Waals surface area contributed by atoms with E-state index in [0.717, 1.165) is 5.75 Å². The molecule has 1 heterocycles. The van der Waals surface area contributed by atoms with Gasteiger partial charge in [0.2, 0.25) is 0 Å². The summed E-state index contributed by atoms with van der Waals surface area (Å²) in [5.74, 6) is 0.903. The van der Waals surface area contributed by atoms with Crippen molar-refractivity contribution in [3.8, 4) is 16.2 Å². The summed E-state index contributed by atoms with van der Waals surface area (Å²) >= 11 is 1.75. The predicted octanol–water partition coefficient (Wildman–Crippen LogP) is 3.42. The standard InChI is InChI=1S/C11H10OS/c1-12-10-6-4-9(5-7-10)11-3-2-8-13-11/h2-8H,1H3. The minimum Gasteiger partial charge on any atom is -0.497 e. The average Bonchev–Trinajstić information content (AvgIpc) is 2.71. The number of ether oxygens (including phenoxy) is 1. The summed E-state index contributed by atoms with van der Waals surface area (Å²) < 4.78 is 5.09. The number of rotatable bonds is 2. The Morgan fingerprint density at radius 1 is 1.08 bits per heavy atom. The molecule has 0 amide bonds. The highest BCUT2D eigenvalue weighted by Crippen LogP contribution is 2.25. The third-order valence-corrected chi connectivity index (χ3v) is 2.81. The number of thiophene rings is 1. The second kappa shape index (κ2) is 3.62. The lowest BCUT2D eigenvalue weighted by molar-refractivity contribution is 0.415. The first kappa shape index (κ1) is 8.32. The van der Waals surface area contributed by atoms with Crippen molar-refractivity contribution < 1.29 is 4.74 Å². The first-order chi connectivity index (χ1) is 6.40. The van der Waals surface area contributed by atoms with Crippen molar-refractivity contribution in [1.82, 2.24) is 0 Å². The Bertz CT molecular complexity index is 361. The summed E-state index contributed by atoms with van der Waals surface area (Å²) in [5.41, 5.74) is 1.25.